The van der Waals surface area contributed by atoms with Crippen LogP contribution in [0.4, 0.5) is 0 Å². The SMILES string of the molecule is CCCCCCC/C=C\C/C=C\CCCCCCCCCCCCCCCCCC(=O)OCC(COC(=O)CCCCCCC/C=C\CCCCCCC)OC(=O)CCCCCCCCCCCCCCCCC. The van der Waals surface area contributed by atoms with Gasteiger partial charge in [0.1, 0.15) is 13.2 Å². The van der Waals surface area contributed by atoms with Gasteiger partial charge >= 0.3 is 17.9 Å². The second-order valence-corrected chi connectivity index (χ2v) is 22.4. The van der Waals surface area contributed by atoms with Gasteiger partial charge in [0, 0.05) is 19.3 Å². The molecule has 0 aliphatic heterocycles. The van der Waals surface area contributed by atoms with Gasteiger partial charge < -0.3 is 14.2 Å². The maximum absolute atomic E-state index is 12.9. The number of unbranched alkanes of at least 4 members (excludes halogenated alkanes) is 44. The zero-order chi connectivity index (χ0) is 53.6. The zero-order valence-electron chi connectivity index (χ0n) is 49.9. The maximum atomic E-state index is 12.9. The van der Waals surface area contributed by atoms with Crippen molar-refractivity contribution in [2.24, 2.45) is 0 Å². The highest BCUT2D eigenvalue weighted by molar-refractivity contribution is 5.71. The van der Waals surface area contributed by atoms with Crippen LogP contribution < -0.4 is 0 Å². The van der Waals surface area contributed by atoms with Crippen molar-refractivity contribution >= 4 is 17.9 Å². The summed E-state index contributed by atoms with van der Waals surface area (Å²) < 4.78 is 16.9. The fourth-order valence-corrected chi connectivity index (χ4v) is 9.88. The largest absolute Gasteiger partial charge is 0.462 e. The Kier molecular flexibility index (Phi) is 61.1. The van der Waals surface area contributed by atoms with Crippen LogP contribution in [-0.4, -0.2) is 37.2 Å². The smallest absolute Gasteiger partial charge is 0.306 e. The average Bonchev–Trinajstić information content (AvgIpc) is 3.40. The van der Waals surface area contributed by atoms with Crippen molar-refractivity contribution in [2.75, 3.05) is 13.2 Å². The molecule has 0 saturated heterocycles. The second kappa shape index (κ2) is 63.2. The van der Waals surface area contributed by atoms with Crippen molar-refractivity contribution in [3.63, 3.8) is 0 Å². The van der Waals surface area contributed by atoms with E-state index in [4.69, 9.17) is 14.2 Å². The molecule has 0 rings (SSSR count). The number of ether oxygens (including phenoxy) is 3. The number of allylic oxidation sites excluding steroid dienone is 6. The van der Waals surface area contributed by atoms with Crippen LogP contribution in [0.15, 0.2) is 36.5 Å². The topological polar surface area (TPSA) is 78.9 Å². The van der Waals surface area contributed by atoms with Gasteiger partial charge in [0.25, 0.3) is 0 Å². The number of rotatable bonds is 61. The molecule has 0 N–H and O–H groups in total. The normalized spacial score (nSPS) is 12.2. The maximum Gasteiger partial charge on any atom is 0.306 e. The summed E-state index contributed by atoms with van der Waals surface area (Å²) in [4.78, 5) is 38.3. The first-order chi connectivity index (χ1) is 36.5. The minimum absolute atomic E-state index is 0.0698. The Bertz CT molecular complexity index is 1240. The molecule has 0 amide bonds. The van der Waals surface area contributed by atoms with Gasteiger partial charge in [0.05, 0.1) is 0 Å². The van der Waals surface area contributed by atoms with Crippen LogP contribution in [0.2, 0.25) is 0 Å². The Morgan fingerprint density at radius 1 is 0.270 bits per heavy atom. The summed E-state index contributed by atoms with van der Waals surface area (Å²) in [5.74, 6) is -0.854. The van der Waals surface area contributed by atoms with Crippen LogP contribution >= 0.6 is 0 Å². The number of carbonyl (C=O) groups is 3. The van der Waals surface area contributed by atoms with Gasteiger partial charge in [-0.2, -0.15) is 0 Å². The van der Waals surface area contributed by atoms with Crippen molar-refractivity contribution in [1.82, 2.24) is 0 Å². The quantitative estimate of drug-likeness (QED) is 0.0261. The van der Waals surface area contributed by atoms with Crippen molar-refractivity contribution in [3.8, 4) is 0 Å². The lowest BCUT2D eigenvalue weighted by molar-refractivity contribution is -0.167. The van der Waals surface area contributed by atoms with Crippen LogP contribution in [0, 0.1) is 0 Å². The molecule has 0 aliphatic rings. The fourth-order valence-electron chi connectivity index (χ4n) is 9.88. The molecule has 1 atom stereocenters. The van der Waals surface area contributed by atoms with Gasteiger partial charge in [-0.1, -0.05) is 301 Å². The lowest BCUT2D eigenvalue weighted by atomic mass is 10.0. The molecule has 0 aromatic heterocycles. The summed E-state index contributed by atoms with van der Waals surface area (Å²) >= 11 is 0. The van der Waals surface area contributed by atoms with Gasteiger partial charge in [-0.3, -0.25) is 14.4 Å². The Balaban J connectivity index is 4.21. The minimum Gasteiger partial charge on any atom is -0.462 e. The molecule has 0 aromatic carbocycles. The highest BCUT2D eigenvalue weighted by atomic mass is 16.6. The molecule has 6 nitrogen and oxygen atoms in total. The molecule has 0 saturated carbocycles. The zero-order valence-corrected chi connectivity index (χ0v) is 49.9. The van der Waals surface area contributed by atoms with E-state index < -0.39 is 6.10 Å². The first-order valence-electron chi connectivity index (χ1n) is 33.0. The molecule has 0 bridgehead atoms. The highest BCUT2D eigenvalue weighted by Gasteiger charge is 2.19. The fraction of sp³-hybridized carbons (Fsp3) is 0.868. The third-order valence-corrected chi connectivity index (χ3v) is 14.9. The predicted molar refractivity (Wildman–Crippen MR) is 321 cm³/mol. The van der Waals surface area contributed by atoms with Crippen LogP contribution in [0.1, 0.15) is 361 Å². The van der Waals surface area contributed by atoms with Crippen molar-refractivity contribution in [1.29, 1.82) is 0 Å². The molecule has 0 radical (unpaired) electrons. The van der Waals surface area contributed by atoms with E-state index in [9.17, 15) is 14.4 Å². The molecule has 0 fully saturated rings. The second-order valence-electron chi connectivity index (χ2n) is 22.4. The predicted octanol–water partition coefficient (Wildman–Crippen LogP) is 22.4. The molecule has 74 heavy (non-hydrogen) atoms. The molecule has 6 heteroatoms. The van der Waals surface area contributed by atoms with Gasteiger partial charge in [0.15, 0.2) is 6.10 Å². The number of hydrogen-bond donors (Lipinski definition) is 0. The van der Waals surface area contributed by atoms with Crippen LogP contribution in [-0.2, 0) is 28.6 Å². The molecule has 434 valence electrons. The first-order valence-corrected chi connectivity index (χ1v) is 33.0. The number of esters is 3. The molecule has 0 aliphatic carbocycles. The van der Waals surface area contributed by atoms with Crippen molar-refractivity contribution < 1.29 is 28.6 Å². The van der Waals surface area contributed by atoms with Crippen LogP contribution in [0.25, 0.3) is 0 Å². The Labute approximate surface area is 461 Å². The first kappa shape index (κ1) is 71.6. The van der Waals surface area contributed by atoms with Gasteiger partial charge in [-0.05, 0) is 77.0 Å². The summed E-state index contributed by atoms with van der Waals surface area (Å²) in [5.41, 5.74) is 0. The van der Waals surface area contributed by atoms with E-state index in [0.717, 1.165) is 70.6 Å². The van der Waals surface area contributed by atoms with E-state index in [1.165, 1.54) is 250 Å². The van der Waals surface area contributed by atoms with Gasteiger partial charge in [-0.15, -0.1) is 0 Å². The molecule has 0 spiro atoms. The lowest BCUT2D eigenvalue weighted by Gasteiger charge is -2.18. The Morgan fingerprint density at radius 2 is 0.486 bits per heavy atom. The van der Waals surface area contributed by atoms with Crippen LogP contribution in [0.5, 0.6) is 0 Å². The Morgan fingerprint density at radius 3 is 0.757 bits per heavy atom. The monoisotopic (exact) mass is 1040 g/mol. The summed E-state index contributed by atoms with van der Waals surface area (Å²) in [6.07, 6.45) is 77.3. The van der Waals surface area contributed by atoms with Crippen LogP contribution in [0.3, 0.4) is 0 Å². The third-order valence-electron chi connectivity index (χ3n) is 14.9. The number of hydrogen-bond acceptors (Lipinski definition) is 6. The van der Waals surface area contributed by atoms with E-state index in [0.29, 0.717) is 19.3 Å². The number of carbonyl (C=O) groups excluding carboxylic acids is 3. The lowest BCUT2D eigenvalue weighted by Crippen LogP contribution is -2.30. The molecular formula is C68H126O6. The van der Waals surface area contributed by atoms with Gasteiger partial charge in [-0.25, -0.2) is 0 Å². The molecule has 0 aromatic rings. The van der Waals surface area contributed by atoms with Crippen molar-refractivity contribution in [2.45, 2.75) is 367 Å². The highest BCUT2D eigenvalue weighted by Crippen LogP contribution is 2.18. The average molecular weight is 1040 g/mol. The molecule has 1 unspecified atom stereocenters. The minimum atomic E-state index is -0.772. The summed E-state index contributed by atoms with van der Waals surface area (Å²) in [5, 5.41) is 0. The van der Waals surface area contributed by atoms with Gasteiger partial charge in [0.2, 0.25) is 0 Å². The Hall–Kier alpha value is -2.37. The molecular weight excluding hydrogens is 913 g/mol. The summed E-state index contributed by atoms with van der Waals surface area (Å²) in [6, 6.07) is 0. The third kappa shape index (κ3) is 60.5. The summed E-state index contributed by atoms with van der Waals surface area (Å²) in [6.45, 7) is 6.67. The standard InChI is InChI=1S/C68H126O6/c1-4-7-10-13-16-19-22-25-28-29-30-31-32-33-34-35-36-37-38-39-41-43-46-49-52-55-58-61-67(70)73-64-65(63-72-66(69)60-57-54-51-48-45-42-27-24-21-18-15-12-9-6-3)74-68(71)62-59-56-53-50-47-44-40-26-23-20-17-14-11-8-5-2/h22,24-25,27,29-30,65H,4-21,23,26,28,31-64H2,1-3H3/b25-22-,27-24-,30-29-. The summed E-state index contributed by atoms with van der Waals surface area (Å²) in [7, 11) is 0. The van der Waals surface area contributed by atoms with E-state index in [1.54, 1.807) is 0 Å². The van der Waals surface area contributed by atoms with E-state index in [2.05, 4.69) is 57.2 Å². The molecule has 0 heterocycles. The van der Waals surface area contributed by atoms with E-state index in [1.807, 2.05) is 0 Å². The van der Waals surface area contributed by atoms with Crippen molar-refractivity contribution in [3.05, 3.63) is 36.5 Å². The van der Waals surface area contributed by atoms with E-state index >= 15 is 0 Å². The van der Waals surface area contributed by atoms with E-state index in [-0.39, 0.29) is 31.1 Å².